The average molecular weight is 406 g/mol. The van der Waals surface area contributed by atoms with Gasteiger partial charge in [0.1, 0.15) is 22.7 Å². The minimum atomic E-state index is 0.0193. The maximum atomic E-state index is 12.0. The molecule has 0 aliphatic carbocycles. The number of para-hydroxylation sites is 4. The lowest BCUT2D eigenvalue weighted by molar-refractivity contribution is 0.418. The molecule has 0 bridgehead atoms. The number of rotatable bonds is 0. The van der Waals surface area contributed by atoms with Crippen LogP contribution in [0, 0.1) is 0 Å². The van der Waals surface area contributed by atoms with Gasteiger partial charge in [0.2, 0.25) is 5.43 Å². The van der Waals surface area contributed by atoms with Gasteiger partial charge in [0, 0.05) is 16.5 Å². The van der Waals surface area contributed by atoms with E-state index in [1.54, 1.807) is 12.1 Å². The molecular formula is C28H22O3. The zero-order valence-corrected chi connectivity index (χ0v) is 17.5. The molecule has 2 heterocycles. The van der Waals surface area contributed by atoms with Crippen LogP contribution in [0.15, 0.2) is 106 Å². The molecule has 0 saturated carbocycles. The molecular weight excluding hydrogens is 384 g/mol. The summed E-state index contributed by atoms with van der Waals surface area (Å²) in [5.41, 5.74) is 3.85. The standard InChI is InChI=1S/C15H14O.C13H8O2/c1-15(2)11-7-3-5-9-13(11)16-14-10-6-4-8-12(14)15;14-13-9-5-1-3-7-11(9)15-12-8-4-2-6-10(12)13/h3-10H,1-2H3;1-8H. The largest absolute Gasteiger partial charge is 0.457 e. The fraction of sp³-hybridized carbons (Fsp3) is 0.107. The second kappa shape index (κ2) is 7.44. The van der Waals surface area contributed by atoms with Crippen LogP contribution in [0.2, 0.25) is 0 Å². The van der Waals surface area contributed by atoms with Crippen LogP contribution in [-0.2, 0) is 5.41 Å². The van der Waals surface area contributed by atoms with E-state index in [1.165, 1.54) is 11.1 Å². The molecule has 0 N–H and O–H groups in total. The number of hydrogen-bond donors (Lipinski definition) is 0. The molecule has 31 heavy (non-hydrogen) atoms. The lowest BCUT2D eigenvalue weighted by Crippen LogP contribution is -2.23. The van der Waals surface area contributed by atoms with E-state index in [4.69, 9.17) is 9.15 Å². The molecule has 0 fully saturated rings. The van der Waals surface area contributed by atoms with Gasteiger partial charge in [0.15, 0.2) is 0 Å². The quantitative estimate of drug-likeness (QED) is 0.258. The molecule has 0 amide bonds. The van der Waals surface area contributed by atoms with E-state index in [0.29, 0.717) is 21.9 Å². The van der Waals surface area contributed by atoms with E-state index in [0.717, 1.165) is 11.5 Å². The molecule has 152 valence electrons. The van der Waals surface area contributed by atoms with Crippen molar-refractivity contribution in [3.8, 4) is 11.5 Å². The minimum absolute atomic E-state index is 0.0193. The van der Waals surface area contributed by atoms with Crippen molar-refractivity contribution in [2.75, 3.05) is 0 Å². The van der Waals surface area contributed by atoms with E-state index in [2.05, 4.69) is 38.1 Å². The summed E-state index contributed by atoms with van der Waals surface area (Å²) in [4.78, 5) is 12.0. The molecule has 1 aliphatic rings. The first kappa shape index (κ1) is 19.1. The number of ether oxygens (including phenoxy) is 1. The summed E-state index contributed by atoms with van der Waals surface area (Å²) in [6, 6.07) is 31.1. The van der Waals surface area contributed by atoms with Crippen LogP contribution in [0.1, 0.15) is 25.0 Å². The highest BCUT2D eigenvalue weighted by Gasteiger charge is 2.33. The molecule has 0 saturated heterocycles. The topological polar surface area (TPSA) is 39.4 Å². The predicted octanol–water partition coefficient (Wildman–Crippen LogP) is 7.06. The monoisotopic (exact) mass is 406 g/mol. The van der Waals surface area contributed by atoms with E-state index < -0.39 is 0 Å². The summed E-state index contributed by atoms with van der Waals surface area (Å²) >= 11 is 0. The van der Waals surface area contributed by atoms with Gasteiger partial charge < -0.3 is 9.15 Å². The third-order valence-corrected chi connectivity index (χ3v) is 5.82. The van der Waals surface area contributed by atoms with Crippen LogP contribution in [-0.4, -0.2) is 0 Å². The molecule has 5 aromatic rings. The molecule has 0 spiro atoms. The number of hydrogen-bond acceptors (Lipinski definition) is 3. The summed E-state index contributed by atoms with van der Waals surface area (Å²) in [5.74, 6) is 1.96. The van der Waals surface area contributed by atoms with Crippen molar-refractivity contribution in [3.05, 3.63) is 118 Å². The van der Waals surface area contributed by atoms with Crippen LogP contribution >= 0.6 is 0 Å². The Kier molecular flexibility index (Phi) is 4.59. The Balaban J connectivity index is 0.000000132. The van der Waals surface area contributed by atoms with E-state index in [1.807, 2.05) is 60.7 Å². The average Bonchev–Trinajstić information content (AvgIpc) is 2.80. The van der Waals surface area contributed by atoms with Gasteiger partial charge in [-0.1, -0.05) is 74.5 Å². The van der Waals surface area contributed by atoms with E-state index >= 15 is 0 Å². The number of benzene rings is 4. The second-order valence-electron chi connectivity index (χ2n) is 8.14. The first-order valence-electron chi connectivity index (χ1n) is 10.3. The Morgan fingerprint density at radius 2 is 1.00 bits per heavy atom. The van der Waals surface area contributed by atoms with Crippen molar-refractivity contribution >= 4 is 21.9 Å². The van der Waals surface area contributed by atoms with Crippen molar-refractivity contribution in [1.82, 2.24) is 0 Å². The van der Waals surface area contributed by atoms with Gasteiger partial charge >= 0.3 is 0 Å². The Morgan fingerprint density at radius 1 is 0.581 bits per heavy atom. The van der Waals surface area contributed by atoms with Crippen LogP contribution < -0.4 is 10.2 Å². The van der Waals surface area contributed by atoms with Gasteiger partial charge in [0.25, 0.3) is 0 Å². The fourth-order valence-electron chi connectivity index (χ4n) is 4.16. The van der Waals surface area contributed by atoms with Gasteiger partial charge in [-0.25, -0.2) is 0 Å². The molecule has 3 heteroatoms. The SMILES string of the molecule is CC1(C)c2ccccc2Oc2ccccc21.O=c1c2ccccc2oc2ccccc12. The first-order valence-corrected chi connectivity index (χ1v) is 10.3. The molecule has 0 unspecified atom stereocenters. The molecule has 0 atom stereocenters. The first-order chi connectivity index (χ1) is 15.1. The summed E-state index contributed by atoms with van der Waals surface area (Å²) in [5, 5.41) is 1.27. The van der Waals surface area contributed by atoms with Crippen LogP contribution in [0.3, 0.4) is 0 Å². The maximum absolute atomic E-state index is 12.0. The predicted molar refractivity (Wildman–Crippen MR) is 125 cm³/mol. The molecule has 1 aromatic heterocycles. The van der Waals surface area contributed by atoms with Crippen molar-refractivity contribution < 1.29 is 9.15 Å². The Hall–Kier alpha value is -3.85. The number of fused-ring (bicyclic) bond motifs is 4. The molecule has 4 aromatic carbocycles. The van der Waals surface area contributed by atoms with Crippen molar-refractivity contribution in [1.29, 1.82) is 0 Å². The van der Waals surface area contributed by atoms with Gasteiger partial charge in [-0.15, -0.1) is 0 Å². The highest BCUT2D eigenvalue weighted by Crippen LogP contribution is 2.47. The zero-order valence-electron chi connectivity index (χ0n) is 17.5. The lowest BCUT2D eigenvalue weighted by Gasteiger charge is -2.34. The summed E-state index contributed by atoms with van der Waals surface area (Å²) < 4.78 is 11.5. The Morgan fingerprint density at radius 3 is 1.52 bits per heavy atom. The van der Waals surface area contributed by atoms with Crippen molar-refractivity contribution in [3.63, 3.8) is 0 Å². The smallest absolute Gasteiger partial charge is 0.200 e. The lowest BCUT2D eigenvalue weighted by atomic mass is 9.76. The Bertz CT molecular complexity index is 1360. The van der Waals surface area contributed by atoms with Crippen LogP contribution in [0.25, 0.3) is 21.9 Å². The van der Waals surface area contributed by atoms with Crippen molar-refractivity contribution in [2.45, 2.75) is 19.3 Å². The van der Waals surface area contributed by atoms with Crippen molar-refractivity contribution in [2.24, 2.45) is 0 Å². The third kappa shape index (κ3) is 3.28. The normalized spacial score (nSPS) is 13.5. The Labute approximate surface area is 180 Å². The minimum Gasteiger partial charge on any atom is -0.457 e. The molecule has 0 radical (unpaired) electrons. The van der Waals surface area contributed by atoms with Gasteiger partial charge in [0.05, 0.1) is 10.8 Å². The van der Waals surface area contributed by atoms with Gasteiger partial charge in [-0.3, -0.25) is 4.79 Å². The highest BCUT2D eigenvalue weighted by molar-refractivity contribution is 5.89. The fourth-order valence-corrected chi connectivity index (χ4v) is 4.16. The third-order valence-electron chi connectivity index (χ3n) is 5.82. The second-order valence-corrected chi connectivity index (χ2v) is 8.14. The molecule has 3 nitrogen and oxygen atoms in total. The highest BCUT2D eigenvalue weighted by atomic mass is 16.5. The molecule has 1 aliphatic heterocycles. The van der Waals surface area contributed by atoms with Gasteiger partial charge in [-0.2, -0.15) is 0 Å². The maximum Gasteiger partial charge on any atom is 0.200 e. The summed E-state index contributed by atoms with van der Waals surface area (Å²) in [6.45, 7) is 4.49. The van der Waals surface area contributed by atoms with Crippen LogP contribution in [0.4, 0.5) is 0 Å². The van der Waals surface area contributed by atoms with E-state index in [-0.39, 0.29) is 10.8 Å². The summed E-state index contributed by atoms with van der Waals surface area (Å²) in [7, 11) is 0. The zero-order chi connectivity index (χ0) is 21.4. The van der Waals surface area contributed by atoms with Crippen LogP contribution in [0.5, 0.6) is 11.5 Å². The van der Waals surface area contributed by atoms with E-state index in [9.17, 15) is 4.79 Å². The molecule has 6 rings (SSSR count). The van der Waals surface area contributed by atoms with Gasteiger partial charge in [-0.05, 0) is 36.4 Å². The summed E-state index contributed by atoms with van der Waals surface area (Å²) in [6.07, 6.45) is 0.